The summed E-state index contributed by atoms with van der Waals surface area (Å²) >= 11 is 0. The molecule has 0 unspecified atom stereocenters. The number of carbonyl (C=O) groups is 1. The van der Waals surface area contributed by atoms with E-state index < -0.39 is 5.97 Å². The van der Waals surface area contributed by atoms with Gasteiger partial charge in [-0.1, -0.05) is 12.1 Å². The van der Waals surface area contributed by atoms with Gasteiger partial charge >= 0.3 is 5.97 Å². The van der Waals surface area contributed by atoms with Crippen molar-refractivity contribution in [2.24, 2.45) is 5.84 Å². The first-order chi connectivity index (χ1) is 8.99. The van der Waals surface area contributed by atoms with E-state index in [1.807, 2.05) is 0 Å². The number of hydrogen-bond acceptors (Lipinski definition) is 8. The van der Waals surface area contributed by atoms with Crippen molar-refractivity contribution in [3.05, 3.63) is 35.4 Å². The molecule has 5 N–H and O–H groups in total. The van der Waals surface area contributed by atoms with Crippen LogP contribution in [0.2, 0.25) is 0 Å². The van der Waals surface area contributed by atoms with Crippen molar-refractivity contribution in [2.45, 2.75) is 6.54 Å². The number of nitrogens with two attached hydrogens (primary N) is 1. The lowest BCUT2D eigenvalue weighted by atomic mass is 10.1. The van der Waals surface area contributed by atoms with Crippen LogP contribution in [0.5, 0.6) is 0 Å². The Balaban J connectivity index is 2.40. The second kappa shape index (κ2) is 7.79. The van der Waals surface area contributed by atoms with E-state index in [0.717, 1.165) is 10.7 Å². The van der Waals surface area contributed by atoms with Crippen molar-refractivity contribution in [3.8, 4) is 0 Å². The van der Waals surface area contributed by atoms with Gasteiger partial charge in [-0.2, -0.15) is 0 Å². The minimum Gasteiger partial charge on any atom is -0.461 e. The number of carbonyl (C=O) groups excluding carboxylic acids is 1. The van der Waals surface area contributed by atoms with Crippen LogP contribution in [0.4, 0.5) is 0 Å². The number of hydrazine groups is 2. The summed E-state index contributed by atoms with van der Waals surface area (Å²) in [4.78, 5) is 11.6. The van der Waals surface area contributed by atoms with Gasteiger partial charge in [0.25, 0.3) is 0 Å². The predicted molar refractivity (Wildman–Crippen MR) is 65.8 cm³/mol. The summed E-state index contributed by atoms with van der Waals surface area (Å²) in [5.41, 5.74) is 3.72. The minimum atomic E-state index is -0.456. The van der Waals surface area contributed by atoms with E-state index in [9.17, 15) is 4.79 Å². The first-order valence-electron chi connectivity index (χ1n) is 5.62. The molecule has 0 aliphatic carbocycles. The highest BCUT2D eigenvalue weighted by molar-refractivity contribution is 5.89. The highest BCUT2D eigenvalue weighted by atomic mass is 16.5. The second-order valence-electron chi connectivity index (χ2n) is 3.86. The molecular weight excluding hydrogens is 252 g/mol. The molecule has 19 heavy (non-hydrogen) atoms. The van der Waals surface area contributed by atoms with Crippen molar-refractivity contribution in [1.29, 1.82) is 0 Å². The standard InChI is InChI=1S/C11H18N4O4/c1-14(17)13-6-7-19-11(16)10-4-2-9(3-5-10)8-15(12)18/h2-5,13,17-18H,6-8,12H2,1H3. The molecule has 0 atom stereocenters. The third kappa shape index (κ3) is 6.25. The van der Waals surface area contributed by atoms with Gasteiger partial charge in [0.15, 0.2) is 0 Å². The van der Waals surface area contributed by atoms with Gasteiger partial charge in [-0.15, -0.1) is 10.3 Å². The lowest BCUT2D eigenvalue weighted by Crippen LogP contribution is -2.34. The fraction of sp³-hybridized carbons (Fsp3) is 0.364. The van der Waals surface area contributed by atoms with Crippen LogP contribution in [-0.4, -0.2) is 46.9 Å². The normalized spacial score (nSPS) is 11.1. The average molecular weight is 270 g/mol. The molecule has 0 spiro atoms. The Morgan fingerprint density at radius 2 is 2.00 bits per heavy atom. The van der Waals surface area contributed by atoms with Gasteiger partial charge < -0.3 is 4.74 Å². The zero-order valence-electron chi connectivity index (χ0n) is 10.6. The quantitative estimate of drug-likeness (QED) is 0.232. The van der Waals surface area contributed by atoms with E-state index in [2.05, 4.69) is 5.43 Å². The molecule has 0 fully saturated rings. The van der Waals surface area contributed by atoms with E-state index >= 15 is 0 Å². The average Bonchev–Trinajstić information content (AvgIpc) is 2.34. The number of rotatable bonds is 7. The Morgan fingerprint density at radius 3 is 2.53 bits per heavy atom. The van der Waals surface area contributed by atoms with Gasteiger partial charge in [-0.05, 0) is 17.7 Å². The van der Waals surface area contributed by atoms with E-state index in [4.69, 9.17) is 21.0 Å². The monoisotopic (exact) mass is 270 g/mol. The third-order valence-corrected chi connectivity index (χ3v) is 2.21. The van der Waals surface area contributed by atoms with Crippen molar-refractivity contribution in [2.75, 3.05) is 20.2 Å². The summed E-state index contributed by atoms with van der Waals surface area (Å²) in [6, 6.07) is 6.53. The molecule has 0 amide bonds. The van der Waals surface area contributed by atoms with Crippen LogP contribution in [0.15, 0.2) is 24.3 Å². The first kappa shape index (κ1) is 15.5. The molecule has 0 saturated heterocycles. The minimum absolute atomic E-state index is 0.138. The summed E-state index contributed by atoms with van der Waals surface area (Å²) in [7, 11) is 1.42. The largest absolute Gasteiger partial charge is 0.461 e. The zero-order chi connectivity index (χ0) is 14.3. The van der Waals surface area contributed by atoms with Gasteiger partial charge in [0.2, 0.25) is 0 Å². The molecule has 0 bridgehead atoms. The van der Waals surface area contributed by atoms with Crippen molar-refractivity contribution in [1.82, 2.24) is 15.8 Å². The zero-order valence-corrected chi connectivity index (χ0v) is 10.6. The number of nitrogens with zero attached hydrogens (tertiary/aromatic N) is 2. The fourth-order valence-corrected chi connectivity index (χ4v) is 1.37. The number of hydroxylamine groups is 2. The second-order valence-corrected chi connectivity index (χ2v) is 3.86. The Morgan fingerprint density at radius 1 is 1.37 bits per heavy atom. The van der Waals surface area contributed by atoms with Crippen LogP contribution < -0.4 is 11.3 Å². The van der Waals surface area contributed by atoms with Crippen molar-refractivity contribution < 1.29 is 19.9 Å². The number of benzene rings is 1. The highest BCUT2D eigenvalue weighted by Gasteiger charge is 2.07. The van der Waals surface area contributed by atoms with Crippen molar-refractivity contribution in [3.63, 3.8) is 0 Å². The van der Waals surface area contributed by atoms with Gasteiger partial charge in [0.05, 0.1) is 12.1 Å². The van der Waals surface area contributed by atoms with Gasteiger partial charge in [-0.25, -0.2) is 16.1 Å². The molecular formula is C11H18N4O4. The van der Waals surface area contributed by atoms with Gasteiger partial charge in [-0.3, -0.25) is 10.4 Å². The lowest BCUT2D eigenvalue weighted by molar-refractivity contribution is -0.114. The molecule has 1 aromatic rings. The summed E-state index contributed by atoms with van der Waals surface area (Å²) in [6.07, 6.45) is 0. The highest BCUT2D eigenvalue weighted by Crippen LogP contribution is 2.06. The van der Waals surface area contributed by atoms with Crippen LogP contribution in [-0.2, 0) is 11.3 Å². The summed E-state index contributed by atoms with van der Waals surface area (Å²) < 4.78 is 4.98. The molecule has 0 heterocycles. The molecule has 106 valence electrons. The number of ether oxygens (including phenoxy) is 1. The van der Waals surface area contributed by atoms with E-state index in [1.165, 1.54) is 7.05 Å². The number of hydrogen-bond donors (Lipinski definition) is 4. The Bertz CT molecular complexity index is 394. The lowest BCUT2D eigenvalue weighted by Gasteiger charge is -2.10. The smallest absolute Gasteiger partial charge is 0.338 e. The topological polar surface area (TPSA) is 111 Å². The fourth-order valence-electron chi connectivity index (χ4n) is 1.37. The molecule has 1 rings (SSSR count). The summed E-state index contributed by atoms with van der Waals surface area (Å²) in [5, 5.41) is 19.0. The summed E-state index contributed by atoms with van der Waals surface area (Å²) in [5.74, 6) is 4.64. The maximum Gasteiger partial charge on any atom is 0.338 e. The molecule has 0 aliphatic heterocycles. The van der Waals surface area contributed by atoms with E-state index in [1.54, 1.807) is 24.3 Å². The molecule has 0 aromatic heterocycles. The van der Waals surface area contributed by atoms with Crippen LogP contribution in [0.1, 0.15) is 15.9 Å². The van der Waals surface area contributed by atoms with Crippen LogP contribution in [0, 0.1) is 0 Å². The molecule has 8 heteroatoms. The van der Waals surface area contributed by atoms with E-state index in [-0.39, 0.29) is 13.2 Å². The first-order valence-corrected chi connectivity index (χ1v) is 5.62. The van der Waals surface area contributed by atoms with Gasteiger partial charge in [0.1, 0.15) is 6.61 Å². The van der Waals surface area contributed by atoms with E-state index in [0.29, 0.717) is 17.3 Å². The number of esters is 1. The van der Waals surface area contributed by atoms with Crippen LogP contribution in [0.3, 0.4) is 0 Å². The number of nitrogens with one attached hydrogen (secondary N) is 1. The van der Waals surface area contributed by atoms with Crippen LogP contribution >= 0.6 is 0 Å². The molecule has 0 radical (unpaired) electrons. The molecule has 0 saturated carbocycles. The Kier molecular flexibility index (Phi) is 6.36. The van der Waals surface area contributed by atoms with Crippen molar-refractivity contribution >= 4 is 5.97 Å². The molecule has 8 nitrogen and oxygen atoms in total. The Labute approximate surface area is 110 Å². The third-order valence-electron chi connectivity index (χ3n) is 2.21. The summed E-state index contributed by atoms with van der Waals surface area (Å²) in [6.45, 7) is 0.615. The van der Waals surface area contributed by atoms with Crippen LogP contribution in [0.25, 0.3) is 0 Å². The molecule has 0 aliphatic rings. The molecule has 1 aromatic carbocycles. The maximum atomic E-state index is 11.6. The predicted octanol–water partition coefficient (Wildman–Crippen LogP) is -0.266. The Hall–Kier alpha value is -1.55. The van der Waals surface area contributed by atoms with Gasteiger partial charge in [0, 0.05) is 13.6 Å². The maximum absolute atomic E-state index is 11.6. The SMILES string of the molecule is CN(O)NCCOC(=O)c1ccc(CN(N)O)cc1.